The molecule has 2 heterocycles. The van der Waals surface area contributed by atoms with Crippen LogP contribution in [0.1, 0.15) is 39.0 Å². The lowest BCUT2D eigenvalue weighted by atomic mass is 10.1. The molecule has 0 spiro atoms. The van der Waals surface area contributed by atoms with E-state index in [1.165, 1.54) is 11.3 Å². The summed E-state index contributed by atoms with van der Waals surface area (Å²) in [5, 5.41) is 15.3. The minimum atomic E-state index is -0.867. The van der Waals surface area contributed by atoms with Crippen molar-refractivity contribution in [2.24, 2.45) is 0 Å². The monoisotopic (exact) mass is 492 g/mol. The van der Waals surface area contributed by atoms with Gasteiger partial charge in [0.2, 0.25) is 0 Å². The van der Waals surface area contributed by atoms with Crippen molar-refractivity contribution >= 4 is 51.6 Å². The fraction of sp³-hybridized carbons (Fsp3) is 0.364. The molecule has 7 nitrogen and oxygen atoms in total. The minimum absolute atomic E-state index is 0.243. The second-order valence-corrected chi connectivity index (χ2v) is 9.46. The normalized spacial score (nSPS) is 11.8. The van der Waals surface area contributed by atoms with E-state index in [2.05, 4.69) is 27.2 Å². The van der Waals surface area contributed by atoms with E-state index in [1.807, 2.05) is 29.6 Å². The summed E-state index contributed by atoms with van der Waals surface area (Å²) >= 11 is 8.74. The molecule has 0 aliphatic heterocycles. The topological polar surface area (TPSA) is 97.2 Å². The van der Waals surface area contributed by atoms with Gasteiger partial charge in [-0.3, -0.25) is 4.79 Å². The molecule has 0 aliphatic rings. The van der Waals surface area contributed by atoms with Crippen LogP contribution in [0.3, 0.4) is 0 Å². The predicted molar refractivity (Wildman–Crippen MR) is 130 cm³/mol. The first-order chi connectivity index (χ1) is 15.5. The summed E-state index contributed by atoms with van der Waals surface area (Å²) in [5.74, 6) is 0.389. The number of hydrogen-bond acceptors (Lipinski definition) is 8. The second-order valence-electron chi connectivity index (χ2n) is 7.04. The van der Waals surface area contributed by atoms with Gasteiger partial charge in [0.15, 0.2) is 10.3 Å². The van der Waals surface area contributed by atoms with E-state index < -0.39 is 11.2 Å². The molecule has 170 valence electrons. The van der Waals surface area contributed by atoms with Crippen LogP contribution < -0.4 is 10.1 Å². The number of aliphatic carboxylic acids is 1. The Morgan fingerprint density at radius 3 is 2.69 bits per heavy atom. The Labute approximate surface area is 200 Å². The number of halogens is 1. The van der Waals surface area contributed by atoms with Crippen LogP contribution in [0.2, 0.25) is 5.15 Å². The molecule has 0 saturated carbocycles. The Hall–Kier alpha value is -2.36. The van der Waals surface area contributed by atoms with E-state index in [9.17, 15) is 9.90 Å². The number of ether oxygens (including phenoxy) is 1. The van der Waals surface area contributed by atoms with Gasteiger partial charge in [-0.05, 0) is 30.7 Å². The molecular formula is C22H25ClN4O3S2. The number of anilines is 2. The second kappa shape index (κ2) is 12.0. The number of aromatic nitrogens is 3. The average molecular weight is 493 g/mol. The van der Waals surface area contributed by atoms with Gasteiger partial charge >= 0.3 is 5.97 Å². The van der Waals surface area contributed by atoms with Crippen molar-refractivity contribution in [3.63, 3.8) is 0 Å². The van der Waals surface area contributed by atoms with Crippen molar-refractivity contribution < 1.29 is 14.6 Å². The van der Waals surface area contributed by atoms with Gasteiger partial charge in [0, 0.05) is 17.0 Å². The van der Waals surface area contributed by atoms with E-state index in [1.54, 1.807) is 13.2 Å². The van der Waals surface area contributed by atoms with Crippen LogP contribution in [0.25, 0.3) is 11.3 Å². The van der Waals surface area contributed by atoms with Crippen molar-refractivity contribution in [3.8, 4) is 17.0 Å². The first-order valence-corrected chi connectivity index (χ1v) is 12.4. The fourth-order valence-corrected chi connectivity index (χ4v) is 4.87. The molecule has 1 atom stereocenters. The number of thiazole rings is 1. The number of nitrogens with zero attached hydrogens (tertiary/aromatic N) is 3. The fourth-order valence-electron chi connectivity index (χ4n) is 2.97. The summed E-state index contributed by atoms with van der Waals surface area (Å²) in [6, 6.07) is 9.26. The number of hydrogen-bond donors (Lipinski definition) is 2. The van der Waals surface area contributed by atoms with Gasteiger partial charge < -0.3 is 15.2 Å². The summed E-state index contributed by atoms with van der Waals surface area (Å²) in [6.45, 7) is 2.13. The van der Waals surface area contributed by atoms with Gasteiger partial charge in [0.1, 0.15) is 22.0 Å². The zero-order chi connectivity index (χ0) is 22.9. The summed E-state index contributed by atoms with van der Waals surface area (Å²) < 4.78 is 5.19. The van der Waals surface area contributed by atoms with Gasteiger partial charge in [-0.25, -0.2) is 15.0 Å². The third kappa shape index (κ3) is 7.08. The third-order valence-electron chi connectivity index (χ3n) is 4.64. The molecular weight excluding hydrogens is 468 g/mol. The molecule has 0 fully saturated rings. The van der Waals surface area contributed by atoms with E-state index in [-0.39, 0.29) is 5.15 Å². The summed E-state index contributed by atoms with van der Waals surface area (Å²) in [7, 11) is 1.63. The van der Waals surface area contributed by atoms with E-state index in [0.29, 0.717) is 22.5 Å². The van der Waals surface area contributed by atoms with E-state index >= 15 is 0 Å². The highest BCUT2D eigenvalue weighted by atomic mass is 35.5. The molecule has 0 saturated heterocycles. The first kappa shape index (κ1) is 24.3. The SMILES string of the molecule is CCCCCCC(Sc1nc(Cl)cc(Nc2nc(-c3ccc(OC)cc3)cs2)n1)C(=O)O. The Morgan fingerprint density at radius 2 is 2.00 bits per heavy atom. The van der Waals surface area contributed by atoms with Crippen molar-refractivity contribution in [2.45, 2.75) is 49.4 Å². The zero-order valence-corrected chi connectivity index (χ0v) is 20.3. The van der Waals surface area contributed by atoms with Crippen molar-refractivity contribution in [1.82, 2.24) is 15.0 Å². The average Bonchev–Trinajstić information content (AvgIpc) is 3.23. The molecule has 32 heavy (non-hydrogen) atoms. The number of unbranched alkanes of at least 4 members (excludes halogenated alkanes) is 3. The number of nitrogens with one attached hydrogen (secondary N) is 1. The standard InChI is InChI=1S/C22H25ClN4O3S2/c1-3-4-5-6-7-17(20(28)29)32-22-25-18(23)12-19(27-22)26-21-24-16(13-31-21)14-8-10-15(30-2)11-9-14/h8-13,17H,3-7H2,1-2H3,(H,28,29)(H,24,25,26,27). The van der Waals surface area contributed by atoms with Crippen LogP contribution >= 0.6 is 34.7 Å². The highest BCUT2D eigenvalue weighted by Crippen LogP contribution is 2.30. The van der Waals surface area contributed by atoms with Crippen LogP contribution in [-0.4, -0.2) is 38.4 Å². The number of carboxylic acids is 1. The Morgan fingerprint density at radius 1 is 1.22 bits per heavy atom. The number of thioether (sulfide) groups is 1. The lowest BCUT2D eigenvalue weighted by molar-refractivity contribution is -0.136. The molecule has 2 aromatic heterocycles. The van der Waals surface area contributed by atoms with E-state index in [4.69, 9.17) is 16.3 Å². The Kier molecular flexibility index (Phi) is 9.13. The lowest BCUT2D eigenvalue weighted by Crippen LogP contribution is -2.17. The maximum atomic E-state index is 11.7. The van der Waals surface area contributed by atoms with Gasteiger partial charge in [-0.15, -0.1) is 11.3 Å². The van der Waals surface area contributed by atoms with Gasteiger partial charge in [0.25, 0.3) is 0 Å². The summed E-state index contributed by atoms with van der Waals surface area (Å²) in [6.07, 6.45) is 4.65. The molecule has 0 bridgehead atoms. The number of carboxylic acid groups (broad SMARTS) is 1. The van der Waals surface area contributed by atoms with Crippen molar-refractivity contribution in [1.29, 1.82) is 0 Å². The number of benzene rings is 1. The maximum absolute atomic E-state index is 11.7. The number of methoxy groups -OCH3 is 1. The Bertz CT molecular complexity index is 1030. The van der Waals surface area contributed by atoms with Crippen molar-refractivity contribution in [3.05, 3.63) is 40.9 Å². The summed E-state index contributed by atoms with van der Waals surface area (Å²) in [5.41, 5.74) is 1.80. The van der Waals surface area contributed by atoms with Crippen LogP contribution in [-0.2, 0) is 4.79 Å². The predicted octanol–water partition coefficient (Wildman–Crippen LogP) is 6.52. The lowest BCUT2D eigenvalue weighted by Gasteiger charge is -2.12. The highest BCUT2D eigenvalue weighted by Gasteiger charge is 2.21. The number of rotatable bonds is 12. The van der Waals surface area contributed by atoms with Crippen LogP contribution in [0, 0.1) is 0 Å². The van der Waals surface area contributed by atoms with E-state index in [0.717, 1.165) is 54.5 Å². The molecule has 0 amide bonds. The molecule has 3 aromatic rings. The van der Waals surface area contributed by atoms with Gasteiger partial charge in [0.05, 0.1) is 12.8 Å². The quantitative estimate of drug-likeness (QED) is 0.127. The molecule has 0 radical (unpaired) electrons. The number of carbonyl (C=O) groups is 1. The first-order valence-electron chi connectivity index (χ1n) is 10.3. The largest absolute Gasteiger partial charge is 0.497 e. The summed E-state index contributed by atoms with van der Waals surface area (Å²) in [4.78, 5) is 24.9. The van der Waals surface area contributed by atoms with Crippen molar-refractivity contribution in [2.75, 3.05) is 12.4 Å². The van der Waals surface area contributed by atoms with Crippen LogP contribution in [0.4, 0.5) is 10.9 Å². The van der Waals surface area contributed by atoms with Crippen LogP contribution in [0.5, 0.6) is 5.75 Å². The molecule has 10 heteroatoms. The third-order valence-corrected chi connectivity index (χ3v) is 6.71. The highest BCUT2D eigenvalue weighted by molar-refractivity contribution is 8.00. The zero-order valence-electron chi connectivity index (χ0n) is 17.9. The molecule has 0 aliphatic carbocycles. The maximum Gasteiger partial charge on any atom is 0.317 e. The molecule has 3 rings (SSSR count). The minimum Gasteiger partial charge on any atom is -0.497 e. The molecule has 1 aromatic carbocycles. The molecule has 1 unspecified atom stereocenters. The van der Waals surface area contributed by atoms with Gasteiger partial charge in [-0.1, -0.05) is 56.0 Å². The van der Waals surface area contributed by atoms with Gasteiger partial charge in [-0.2, -0.15) is 0 Å². The smallest absolute Gasteiger partial charge is 0.317 e. The molecule has 2 N–H and O–H groups in total. The Balaban J connectivity index is 1.68. The van der Waals surface area contributed by atoms with Crippen LogP contribution in [0.15, 0.2) is 40.9 Å².